The maximum absolute atomic E-state index is 13.1. The molecule has 0 aromatic carbocycles. The Morgan fingerprint density at radius 2 is 1.24 bits per heavy atom. The lowest BCUT2D eigenvalue weighted by molar-refractivity contribution is -0.390. The third kappa shape index (κ3) is 7.43. The number of alkyl halides is 4. The van der Waals surface area contributed by atoms with Gasteiger partial charge in [-0.15, -0.1) is 0 Å². The molecule has 0 aliphatic carbocycles. The molecule has 0 fully saturated rings. The molecule has 0 atom stereocenters. The minimum Gasteiger partial charge on any atom is -0.382 e. The Bertz CT molecular complexity index is 2690. The van der Waals surface area contributed by atoms with Crippen molar-refractivity contribution in [3.63, 3.8) is 0 Å². The van der Waals surface area contributed by atoms with Gasteiger partial charge < -0.3 is 25.0 Å². The van der Waals surface area contributed by atoms with E-state index in [-0.39, 0.29) is 16.8 Å². The molecule has 0 bridgehead atoms. The number of aryl methyl sites for hydroxylation is 2. The van der Waals surface area contributed by atoms with E-state index >= 15 is 0 Å². The van der Waals surface area contributed by atoms with Gasteiger partial charge in [0.25, 0.3) is 12.9 Å². The summed E-state index contributed by atoms with van der Waals surface area (Å²) in [5.74, 6) is 0.0654. The molecule has 19 heteroatoms. The van der Waals surface area contributed by atoms with Gasteiger partial charge in [-0.1, -0.05) is 23.7 Å². The first kappa shape index (κ1) is 36.7. The van der Waals surface area contributed by atoms with Crippen molar-refractivity contribution in [2.24, 2.45) is 0 Å². The van der Waals surface area contributed by atoms with Crippen molar-refractivity contribution >= 4 is 34.5 Å². The van der Waals surface area contributed by atoms with Crippen molar-refractivity contribution in [1.82, 2.24) is 47.8 Å². The van der Waals surface area contributed by atoms with Crippen molar-refractivity contribution in [2.45, 2.75) is 39.8 Å². The van der Waals surface area contributed by atoms with E-state index in [9.17, 15) is 27.7 Å². The van der Waals surface area contributed by atoms with Crippen LogP contribution in [0.4, 0.5) is 29.2 Å². The van der Waals surface area contributed by atoms with Crippen LogP contribution in [0.5, 0.6) is 0 Å². The lowest BCUT2D eigenvalue weighted by atomic mass is 10.1. The highest BCUT2D eigenvalue weighted by molar-refractivity contribution is 6.32. The van der Waals surface area contributed by atoms with Crippen LogP contribution in [0.2, 0.25) is 5.15 Å². The first-order valence-corrected chi connectivity index (χ1v) is 16.9. The summed E-state index contributed by atoms with van der Waals surface area (Å²) in [5.41, 5.74) is 12.6. The van der Waals surface area contributed by atoms with E-state index < -0.39 is 30.9 Å². The smallest absolute Gasteiger partial charge is 0.347 e. The fourth-order valence-corrected chi connectivity index (χ4v) is 6.26. The Hall–Kier alpha value is -6.69. The molecule has 8 aromatic heterocycles. The maximum atomic E-state index is 13.1. The Balaban J connectivity index is 0.000000169. The summed E-state index contributed by atoms with van der Waals surface area (Å²) in [6.45, 7) is 2.64. The summed E-state index contributed by atoms with van der Waals surface area (Å²) in [7, 11) is 0. The summed E-state index contributed by atoms with van der Waals surface area (Å²) < 4.78 is 58.1. The number of nitrogens with two attached hydrogens (primary N) is 1. The van der Waals surface area contributed by atoms with E-state index in [2.05, 4.69) is 29.9 Å². The highest BCUT2D eigenvalue weighted by atomic mass is 35.5. The molecule has 0 spiro atoms. The van der Waals surface area contributed by atoms with Gasteiger partial charge in [0.15, 0.2) is 5.15 Å². The summed E-state index contributed by atoms with van der Waals surface area (Å²) in [6.07, 6.45) is 1.98. The van der Waals surface area contributed by atoms with E-state index in [0.717, 1.165) is 17.6 Å². The van der Waals surface area contributed by atoms with E-state index in [1.54, 1.807) is 53.1 Å². The number of fused-ring (bicyclic) bond motifs is 2. The summed E-state index contributed by atoms with van der Waals surface area (Å²) in [6, 6.07) is 17.6. The molecule has 0 aliphatic heterocycles. The molecule has 55 heavy (non-hydrogen) atoms. The third-order valence-electron chi connectivity index (χ3n) is 8.44. The molecule has 8 heterocycles. The van der Waals surface area contributed by atoms with Crippen molar-refractivity contribution < 1.29 is 22.5 Å². The summed E-state index contributed by atoms with van der Waals surface area (Å²) in [4.78, 5) is 36.4. The minimum absolute atomic E-state index is 0.189. The third-order valence-corrected chi connectivity index (χ3v) is 8.72. The molecule has 8 aromatic rings. The number of nitrogen functional groups attached to an aromatic ring is 1. The second-order valence-electron chi connectivity index (χ2n) is 12.3. The number of anilines is 1. The number of halogens is 5. The van der Waals surface area contributed by atoms with Crippen molar-refractivity contribution in [3.8, 4) is 45.3 Å². The maximum Gasteiger partial charge on any atom is 0.347 e. The van der Waals surface area contributed by atoms with Crippen molar-refractivity contribution in [1.29, 1.82) is 0 Å². The molecule has 14 nitrogen and oxygen atoms in total. The fraction of sp³-hybridized carbons (Fsp3) is 0.167. The monoisotopic (exact) mass is 772 g/mol. The second kappa shape index (κ2) is 15.0. The van der Waals surface area contributed by atoms with Crippen LogP contribution in [-0.2, 0) is 13.1 Å². The lowest BCUT2D eigenvalue weighted by Gasteiger charge is -2.11. The zero-order chi connectivity index (χ0) is 39.0. The fourth-order valence-electron chi connectivity index (χ4n) is 6.09. The largest absolute Gasteiger partial charge is 0.382 e. The van der Waals surface area contributed by atoms with E-state index in [1.165, 1.54) is 32.4 Å². The van der Waals surface area contributed by atoms with Gasteiger partial charge in [-0.05, 0) is 61.2 Å². The minimum atomic E-state index is -2.59. The van der Waals surface area contributed by atoms with Crippen LogP contribution >= 0.6 is 11.6 Å². The van der Waals surface area contributed by atoms with Gasteiger partial charge in [-0.25, -0.2) is 37.5 Å². The van der Waals surface area contributed by atoms with Gasteiger partial charge in [0.05, 0.1) is 48.5 Å². The van der Waals surface area contributed by atoms with Crippen LogP contribution in [0.1, 0.15) is 11.4 Å². The number of nitro groups is 1. The van der Waals surface area contributed by atoms with Crippen LogP contribution in [0.3, 0.4) is 0 Å². The summed E-state index contributed by atoms with van der Waals surface area (Å²) >= 11 is 5.99. The first-order valence-electron chi connectivity index (χ1n) is 16.5. The zero-order valence-electron chi connectivity index (χ0n) is 28.9. The topological polar surface area (TPSA) is 165 Å². The Morgan fingerprint density at radius 3 is 1.73 bits per heavy atom. The number of nitrogens with zero attached hydrogens (tertiary/aromatic N) is 11. The summed E-state index contributed by atoms with van der Waals surface area (Å²) in [5, 5.41) is 11.4. The molecule has 0 saturated heterocycles. The number of pyridine rings is 4. The molecule has 8 rings (SSSR count). The van der Waals surface area contributed by atoms with Gasteiger partial charge in [0.2, 0.25) is 5.65 Å². The molecule has 0 radical (unpaired) electrons. The predicted octanol–water partition coefficient (Wildman–Crippen LogP) is 7.81. The average molecular weight is 773 g/mol. The number of hydrogen-bond acceptors (Lipinski definition) is 9. The number of rotatable bonds is 9. The van der Waals surface area contributed by atoms with Gasteiger partial charge in [0.1, 0.15) is 35.2 Å². The van der Waals surface area contributed by atoms with Crippen LogP contribution in [-0.4, -0.2) is 65.6 Å². The molecule has 0 amide bonds. The molecule has 0 saturated carbocycles. The van der Waals surface area contributed by atoms with Crippen LogP contribution < -0.4 is 5.73 Å². The van der Waals surface area contributed by atoms with E-state index in [1.807, 2.05) is 32.0 Å². The normalized spacial score (nSPS) is 11.5. The predicted molar refractivity (Wildman–Crippen MR) is 197 cm³/mol. The number of imidazole rings is 4. The van der Waals surface area contributed by atoms with Crippen molar-refractivity contribution in [3.05, 3.63) is 119 Å². The van der Waals surface area contributed by atoms with Crippen LogP contribution in [0, 0.1) is 24.0 Å². The Labute approximate surface area is 313 Å². The molecule has 0 aliphatic rings. The molecule has 0 unspecified atom stereocenters. The number of aromatic nitrogens is 10. The van der Waals surface area contributed by atoms with Gasteiger partial charge >= 0.3 is 5.82 Å². The van der Waals surface area contributed by atoms with Crippen LogP contribution in [0.25, 0.3) is 56.6 Å². The zero-order valence-corrected chi connectivity index (χ0v) is 29.7. The molecule has 2 N–H and O–H groups in total. The van der Waals surface area contributed by atoms with Crippen molar-refractivity contribution in [2.75, 3.05) is 5.73 Å². The standard InChI is InChI=1S/C18H15ClF2N6.C18H14F2N6O2/c1-10-3-2-4-12(24-10)15-16(26(9-23-15)8-13(20)21)11-5-6-14-25-17(19)18(22)27(14)7-11;1-11-3-2-4-13(23-11)17-18(24(10-22-17)9-14(19)20)12-5-6-15-21-7-16(26(27)28)25(15)8-12/h2-7,9,13H,8,22H2,1H3;2-8,10,14H,9H2,1H3. The average Bonchev–Trinajstić information content (AvgIpc) is 3.92. The quantitative estimate of drug-likeness (QED) is 0.0875. The van der Waals surface area contributed by atoms with Gasteiger partial charge in [-0.2, -0.15) is 4.40 Å². The van der Waals surface area contributed by atoms with Gasteiger partial charge in [-0.3, -0.25) is 14.4 Å². The molecule has 280 valence electrons. The SMILES string of the molecule is Cc1cccc(-c2ncn(CC(F)F)c2-c2ccc3nc(Cl)c(N)n3c2)n1.Cc1cccc(-c2ncn(CC(F)F)c2-c2ccc3ncc([N+](=O)[O-])n3c2)n1. The highest BCUT2D eigenvalue weighted by Crippen LogP contribution is 2.34. The molecular formula is C36H29ClF4N12O2. The second-order valence-corrected chi connectivity index (χ2v) is 12.6. The Kier molecular flexibility index (Phi) is 9.98. The highest BCUT2D eigenvalue weighted by Gasteiger charge is 2.23. The van der Waals surface area contributed by atoms with E-state index in [4.69, 9.17) is 17.3 Å². The lowest BCUT2D eigenvalue weighted by Crippen LogP contribution is -2.07. The Morgan fingerprint density at radius 1 is 0.727 bits per heavy atom. The molecular weight excluding hydrogens is 744 g/mol. The first-order chi connectivity index (χ1) is 26.4. The van der Waals surface area contributed by atoms with E-state index in [0.29, 0.717) is 56.6 Å². The van der Waals surface area contributed by atoms with Gasteiger partial charge in [0, 0.05) is 34.8 Å². The van der Waals surface area contributed by atoms with Crippen LogP contribution in [0.15, 0.2) is 91.9 Å². The number of hydrogen-bond donors (Lipinski definition) is 1.